The van der Waals surface area contributed by atoms with Crippen molar-refractivity contribution in [2.45, 2.75) is 0 Å². The number of ether oxygens (including phenoxy) is 1. The van der Waals surface area contributed by atoms with Crippen LogP contribution in [0, 0.1) is 0 Å². The second kappa shape index (κ2) is 5.12. The van der Waals surface area contributed by atoms with E-state index in [2.05, 4.69) is 4.99 Å². The molecule has 0 aromatic heterocycles. The van der Waals surface area contributed by atoms with Crippen molar-refractivity contribution >= 4 is 34.2 Å². The summed E-state index contributed by atoms with van der Waals surface area (Å²) in [5, 5.41) is 1.09. The van der Waals surface area contributed by atoms with Crippen LogP contribution in [0.3, 0.4) is 0 Å². The zero-order valence-electron chi connectivity index (χ0n) is 7.95. The first-order chi connectivity index (χ1) is 6.67. The highest BCUT2D eigenvalue weighted by Crippen LogP contribution is 2.30. The van der Waals surface area contributed by atoms with Crippen LogP contribution in [0.25, 0.3) is 0 Å². The van der Waals surface area contributed by atoms with E-state index in [9.17, 15) is 0 Å². The molecule has 0 aliphatic heterocycles. The quantitative estimate of drug-likeness (QED) is 0.628. The van der Waals surface area contributed by atoms with E-state index in [0.717, 1.165) is 0 Å². The van der Waals surface area contributed by atoms with E-state index < -0.39 is 0 Å². The van der Waals surface area contributed by atoms with Crippen molar-refractivity contribution in [3.8, 4) is 5.75 Å². The van der Waals surface area contributed by atoms with Gasteiger partial charge in [0.25, 0.3) is 0 Å². The number of methoxy groups -OCH3 is 1. The summed E-state index contributed by atoms with van der Waals surface area (Å²) in [6.45, 7) is 0. The molecule has 0 saturated heterocycles. The number of nitrogens with zero attached hydrogens (tertiary/aromatic N) is 1. The lowest BCUT2D eigenvalue weighted by Gasteiger charge is -2.04. The third-order valence-electron chi connectivity index (χ3n) is 1.58. The summed E-state index contributed by atoms with van der Waals surface area (Å²) in [4.78, 5) is 4.16. The largest absolute Gasteiger partial charge is 0.494 e. The van der Waals surface area contributed by atoms with Gasteiger partial charge in [0.15, 0.2) is 5.17 Å². The Morgan fingerprint density at radius 3 is 2.86 bits per heavy atom. The maximum absolute atomic E-state index is 5.83. The lowest BCUT2D eigenvalue weighted by molar-refractivity contribution is 0.416. The highest BCUT2D eigenvalue weighted by Gasteiger charge is 2.02. The summed E-state index contributed by atoms with van der Waals surface area (Å²) < 4.78 is 5.12. The van der Waals surface area contributed by atoms with Crippen LogP contribution in [0.15, 0.2) is 23.2 Å². The molecule has 1 aromatic carbocycles. The average Bonchev–Trinajstić information content (AvgIpc) is 2.18. The van der Waals surface area contributed by atoms with E-state index in [0.29, 0.717) is 21.6 Å². The van der Waals surface area contributed by atoms with Crippen molar-refractivity contribution in [2.24, 2.45) is 10.7 Å². The third kappa shape index (κ3) is 2.82. The number of rotatable bonds is 2. The minimum atomic E-state index is 0.477. The van der Waals surface area contributed by atoms with Gasteiger partial charge in [0.05, 0.1) is 7.11 Å². The minimum Gasteiger partial charge on any atom is -0.494 e. The van der Waals surface area contributed by atoms with Crippen molar-refractivity contribution in [1.29, 1.82) is 0 Å². The summed E-state index contributed by atoms with van der Waals surface area (Å²) in [7, 11) is 1.58. The van der Waals surface area contributed by atoms with Crippen LogP contribution in [-0.2, 0) is 0 Å². The van der Waals surface area contributed by atoms with E-state index in [1.165, 1.54) is 11.8 Å². The summed E-state index contributed by atoms with van der Waals surface area (Å²) >= 11 is 7.20. The van der Waals surface area contributed by atoms with Gasteiger partial charge in [-0.1, -0.05) is 23.4 Å². The zero-order valence-corrected chi connectivity index (χ0v) is 9.52. The van der Waals surface area contributed by atoms with Gasteiger partial charge in [-0.25, -0.2) is 4.99 Å². The molecule has 0 heterocycles. The number of hydrogen-bond donors (Lipinski definition) is 1. The molecule has 3 nitrogen and oxygen atoms in total. The van der Waals surface area contributed by atoms with Gasteiger partial charge in [0.2, 0.25) is 0 Å². The zero-order chi connectivity index (χ0) is 10.6. The third-order valence-corrected chi connectivity index (χ3v) is 2.33. The van der Waals surface area contributed by atoms with Crippen LogP contribution in [0.4, 0.5) is 5.69 Å². The van der Waals surface area contributed by atoms with Crippen LogP contribution in [0.5, 0.6) is 5.75 Å². The normalized spacial score (nSPS) is 11.5. The van der Waals surface area contributed by atoms with Crippen LogP contribution in [0.1, 0.15) is 0 Å². The number of benzene rings is 1. The second-order valence-corrected chi connectivity index (χ2v) is 3.73. The molecule has 0 bridgehead atoms. The van der Waals surface area contributed by atoms with Gasteiger partial charge in [0, 0.05) is 5.02 Å². The van der Waals surface area contributed by atoms with E-state index in [-0.39, 0.29) is 0 Å². The molecule has 0 unspecified atom stereocenters. The monoisotopic (exact) mass is 230 g/mol. The number of amidine groups is 1. The molecule has 0 aliphatic carbocycles. The Morgan fingerprint density at radius 1 is 1.57 bits per heavy atom. The standard InChI is InChI=1S/C9H11ClN2OS/c1-13-8-4-3-6(10)5-7(8)12-9(11)14-2/h3-5H,1-2H3,(H2,11,12). The van der Waals surface area contributed by atoms with Crippen molar-refractivity contribution < 1.29 is 4.74 Å². The number of hydrogen-bond acceptors (Lipinski definition) is 3. The van der Waals surface area contributed by atoms with Crippen molar-refractivity contribution in [1.82, 2.24) is 0 Å². The molecular weight excluding hydrogens is 220 g/mol. The summed E-state index contributed by atoms with van der Waals surface area (Å²) in [5.74, 6) is 0.659. The Balaban J connectivity index is 3.11. The van der Waals surface area contributed by atoms with E-state index in [4.69, 9.17) is 22.1 Å². The predicted molar refractivity (Wildman–Crippen MR) is 62.8 cm³/mol. The van der Waals surface area contributed by atoms with Crippen molar-refractivity contribution in [2.75, 3.05) is 13.4 Å². The lowest BCUT2D eigenvalue weighted by Crippen LogP contribution is -2.04. The fraction of sp³-hybridized carbons (Fsp3) is 0.222. The molecule has 0 atom stereocenters. The van der Waals surface area contributed by atoms with Gasteiger partial charge in [-0.15, -0.1) is 0 Å². The first kappa shape index (κ1) is 11.2. The molecule has 0 fully saturated rings. The Morgan fingerprint density at radius 2 is 2.29 bits per heavy atom. The molecule has 0 amide bonds. The molecule has 1 rings (SSSR count). The predicted octanol–water partition coefficient (Wildman–Crippen LogP) is 2.66. The smallest absolute Gasteiger partial charge is 0.159 e. The highest BCUT2D eigenvalue weighted by atomic mass is 35.5. The molecular formula is C9H11ClN2OS. The van der Waals surface area contributed by atoms with Crippen LogP contribution in [0.2, 0.25) is 5.02 Å². The fourth-order valence-corrected chi connectivity index (χ4v) is 1.27. The molecule has 1 aromatic rings. The topological polar surface area (TPSA) is 47.6 Å². The molecule has 5 heteroatoms. The number of halogens is 1. The fourth-order valence-electron chi connectivity index (χ4n) is 0.915. The first-order valence-corrected chi connectivity index (χ1v) is 5.49. The van der Waals surface area contributed by atoms with Crippen LogP contribution < -0.4 is 10.5 Å². The minimum absolute atomic E-state index is 0.477. The van der Waals surface area contributed by atoms with E-state index >= 15 is 0 Å². The molecule has 14 heavy (non-hydrogen) atoms. The van der Waals surface area contributed by atoms with E-state index in [1.54, 1.807) is 25.3 Å². The highest BCUT2D eigenvalue weighted by molar-refractivity contribution is 8.13. The SMILES string of the molecule is COc1ccc(Cl)cc1N=C(N)SC. The average molecular weight is 231 g/mol. The van der Waals surface area contributed by atoms with Crippen molar-refractivity contribution in [3.63, 3.8) is 0 Å². The molecule has 0 aliphatic rings. The van der Waals surface area contributed by atoms with Gasteiger partial charge >= 0.3 is 0 Å². The molecule has 0 radical (unpaired) electrons. The number of aliphatic imine (C=N–C) groups is 1. The van der Waals surface area contributed by atoms with Gasteiger partial charge in [0.1, 0.15) is 11.4 Å². The Kier molecular flexibility index (Phi) is 4.10. The Labute approximate surface area is 92.3 Å². The first-order valence-electron chi connectivity index (χ1n) is 3.89. The van der Waals surface area contributed by atoms with Crippen LogP contribution in [-0.4, -0.2) is 18.5 Å². The Bertz CT molecular complexity index is 355. The molecule has 0 saturated carbocycles. The molecule has 76 valence electrons. The molecule has 2 N–H and O–H groups in total. The van der Waals surface area contributed by atoms with E-state index in [1.807, 2.05) is 6.26 Å². The molecule has 0 spiro atoms. The summed E-state index contributed by atoms with van der Waals surface area (Å²) in [6.07, 6.45) is 1.86. The summed E-state index contributed by atoms with van der Waals surface area (Å²) in [6, 6.07) is 5.22. The number of thioether (sulfide) groups is 1. The van der Waals surface area contributed by atoms with Crippen molar-refractivity contribution in [3.05, 3.63) is 23.2 Å². The lowest BCUT2D eigenvalue weighted by atomic mass is 10.3. The van der Waals surface area contributed by atoms with Gasteiger partial charge in [-0.3, -0.25) is 0 Å². The van der Waals surface area contributed by atoms with Gasteiger partial charge < -0.3 is 10.5 Å². The number of nitrogens with two attached hydrogens (primary N) is 1. The summed E-state index contributed by atoms with van der Waals surface area (Å²) in [5.41, 5.74) is 6.24. The Hall–Kier alpha value is -0.870. The maximum Gasteiger partial charge on any atom is 0.159 e. The maximum atomic E-state index is 5.83. The second-order valence-electron chi connectivity index (χ2n) is 2.47. The van der Waals surface area contributed by atoms with Crippen LogP contribution >= 0.6 is 23.4 Å². The van der Waals surface area contributed by atoms with Gasteiger partial charge in [-0.2, -0.15) is 0 Å². The van der Waals surface area contributed by atoms with Gasteiger partial charge in [-0.05, 0) is 24.5 Å².